The molecule has 96 valence electrons. The summed E-state index contributed by atoms with van der Waals surface area (Å²) in [6, 6.07) is 1.76. The molecule has 0 aliphatic rings. The van der Waals surface area contributed by atoms with Gasteiger partial charge in [-0.2, -0.15) is 0 Å². The van der Waals surface area contributed by atoms with E-state index in [-0.39, 0.29) is 11.7 Å². The van der Waals surface area contributed by atoms with Crippen LogP contribution in [-0.2, 0) is 13.0 Å². The van der Waals surface area contributed by atoms with E-state index in [1.54, 1.807) is 13.0 Å². The van der Waals surface area contributed by atoms with Crippen molar-refractivity contribution in [3.63, 3.8) is 0 Å². The van der Waals surface area contributed by atoms with E-state index in [1.807, 2.05) is 6.92 Å². The largest absolute Gasteiger partial charge is 0.361 e. The molecule has 0 saturated carbocycles. The third-order valence-electron chi connectivity index (χ3n) is 2.33. The molecule has 7 heteroatoms. The van der Waals surface area contributed by atoms with E-state index in [4.69, 9.17) is 4.52 Å². The lowest BCUT2D eigenvalue weighted by Gasteiger charge is -1.97. The fourth-order valence-corrected chi connectivity index (χ4v) is 1.50. The molecule has 0 spiro atoms. The number of H-pyrrole nitrogens is 1. The number of aryl methyl sites for hydroxylation is 2. The van der Waals surface area contributed by atoms with Crippen molar-refractivity contribution in [2.45, 2.75) is 33.2 Å². The van der Waals surface area contributed by atoms with Gasteiger partial charge in [0.1, 0.15) is 17.3 Å². The monoisotopic (exact) mass is 249 g/mol. The molecule has 2 aromatic heterocycles. The van der Waals surface area contributed by atoms with Crippen LogP contribution in [0.25, 0.3) is 0 Å². The van der Waals surface area contributed by atoms with Gasteiger partial charge in [0.05, 0.1) is 6.54 Å². The van der Waals surface area contributed by atoms with Crippen molar-refractivity contribution in [2.24, 2.45) is 0 Å². The number of hydrogen-bond acceptors (Lipinski definition) is 5. The van der Waals surface area contributed by atoms with Crippen molar-refractivity contribution < 1.29 is 9.32 Å². The quantitative estimate of drug-likeness (QED) is 0.823. The average molecular weight is 249 g/mol. The van der Waals surface area contributed by atoms with Gasteiger partial charge in [0.2, 0.25) is 5.82 Å². The highest BCUT2D eigenvalue weighted by Crippen LogP contribution is 2.01. The normalized spacial score (nSPS) is 10.6. The molecule has 0 fully saturated rings. The van der Waals surface area contributed by atoms with Gasteiger partial charge in [-0.1, -0.05) is 12.1 Å². The van der Waals surface area contributed by atoms with Crippen molar-refractivity contribution >= 4 is 5.91 Å². The van der Waals surface area contributed by atoms with E-state index in [9.17, 15) is 4.79 Å². The molecule has 7 nitrogen and oxygen atoms in total. The van der Waals surface area contributed by atoms with Crippen LogP contribution in [0.5, 0.6) is 0 Å². The van der Waals surface area contributed by atoms with Gasteiger partial charge in [0.15, 0.2) is 0 Å². The van der Waals surface area contributed by atoms with Gasteiger partial charge in [0.25, 0.3) is 5.91 Å². The van der Waals surface area contributed by atoms with Crippen LogP contribution in [0.1, 0.15) is 41.2 Å². The maximum absolute atomic E-state index is 11.7. The molecule has 1 amide bonds. The molecular weight excluding hydrogens is 234 g/mol. The maximum atomic E-state index is 11.7. The minimum absolute atomic E-state index is 0.152. The molecule has 2 aromatic rings. The van der Waals surface area contributed by atoms with E-state index in [1.165, 1.54) is 0 Å². The lowest BCUT2D eigenvalue weighted by atomic mass is 10.3. The van der Waals surface area contributed by atoms with Crippen LogP contribution in [0.4, 0.5) is 0 Å². The first-order valence-corrected chi connectivity index (χ1v) is 5.80. The van der Waals surface area contributed by atoms with Crippen LogP contribution in [0, 0.1) is 6.92 Å². The van der Waals surface area contributed by atoms with Crippen LogP contribution in [-0.4, -0.2) is 26.2 Å². The Hall–Kier alpha value is -2.18. The van der Waals surface area contributed by atoms with Crippen LogP contribution >= 0.6 is 0 Å². The summed E-state index contributed by atoms with van der Waals surface area (Å²) < 4.78 is 4.90. The van der Waals surface area contributed by atoms with Gasteiger partial charge in [-0.15, -0.1) is 5.10 Å². The lowest BCUT2D eigenvalue weighted by molar-refractivity contribution is 0.0940. The Morgan fingerprint density at radius 2 is 2.39 bits per heavy atom. The molecule has 0 radical (unpaired) electrons. The molecule has 0 aromatic carbocycles. The Kier molecular flexibility index (Phi) is 3.71. The van der Waals surface area contributed by atoms with Crippen molar-refractivity contribution in [3.05, 3.63) is 29.2 Å². The highest BCUT2D eigenvalue weighted by atomic mass is 16.5. The zero-order valence-corrected chi connectivity index (χ0v) is 10.4. The number of nitrogens with one attached hydrogen (secondary N) is 2. The van der Waals surface area contributed by atoms with Crippen molar-refractivity contribution in [1.29, 1.82) is 0 Å². The van der Waals surface area contributed by atoms with E-state index < -0.39 is 0 Å². The number of aromatic amines is 1. The predicted octanol–water partition coefficient (Wildman–Crippen LogP) is 0.984. The van der Waals surface area contributed by atoms with Gasteiger partial charge >= 0.3 is 0 Å². The molecule has 18 heavy (non-hydrogen) atoms. The molecule has 2 rings (SSSR count). The second kappa shape index (κ2) is 5.44. The zero-order valence-electron chi connectivity index (χ0n) is 10.4. The molecule has 0 unspecified atom stereocenters. The fraction of sp³-hybridized carbons (Fsp3) is 0.455. The van der Waals surface area contributed by atoms with Crippen LogP contribution in [0.3, 0.4) is 0 Å². The summed E-state index contributed by atoms with van der Waals surface area (Å²) >= 11 is 0. The van der Waals surface area contributed by atoms with Crippen molar-refractivity contribution in [2.75, 3.05) is 0 Å². The first-order valence-electron chi connectivity index (χ1n) is 5.80. The zero-order chi connectivity index (χ0) is 13.0. The molecule has 0 aliphatic carbocycles. The lowest BCUT2D eigenvalue weighted by Crippen LogP contribution is -2.24. The summed E-state index contributed by atoms with van der Waals surface area (Å²) in [6.07, 6.45) is 1.73. The summed E-state index contributed by atoms with van der Waals surface area (Å²) in [6.45, 7) is 4.13. The smallest absolute Gasteiger partial charge is 0.291 e. The van der Waals surface area contributed by atoms with Gasteiger partial charge < -0.3 is 9.84 Å². The van der Waals surface area contributed by atoms with Crippen LogP contribution in [0.15, 0.2) is 10.6 Å². The summed E-state index contributed by atoms with van der Waals surface area (Å²) in [5, 5.41) is 13.0. The number of aromatic nitrogens is 4. The minimum atomic E-state index is -0.325. The second-order valence-corrected chi connectivity index (χ2v) is 3.97. The van der Waals surface area contributed by atoms with E-state index in [0.717, 1.165) is 18.7 Å². The summed E-state index contributed by atoms with van der Waals surface area (Å²) in [5.41, 5.74) is 0.671. The summed E-state index contributed by atoms with van der Waals surface area (Å²) in [7, 11) is 0. The Bertz CT molecular complexity index is 531. The Morgan fingerprint density at radius 1 is 1.56 bits per heavy atom. The first-order chi connectivity index (χ1) is 8.69. The second-order valence-electron chi connectivity index (χ2n) is 3.97. The minimum Gasteiger partial charge on any atom is -0.361 e. The first kappa shape index (κ1) is 12.3. The Labute approximate surface area is 104 Å². The average Bonchev–Trinajstić information content (AvgIpc) is 2.96. The number of nitrogens with zero attached hydrogens (tertiary/aromatic N) is 3. The van der Waals surface area contributed by atoms with E-state index in [0.29, 0.717) is 18.0 Å². The SMILES string of the molecule is CCCc1nc(C(=O)NCc2cc(C)on2)n[nH]1. The predicted molar refractivity (Wildman–Crippen MR) is 62.8 cm³/mol. The van der Waals surface area contributed by atoms with Crippen molar-refractivity contribution in [1.82, 2.24) is 25.7 Å². The maximum Gasteiger partial charge on any atom is 0.291 e. The topological polar surface area (TPSA) is 96.7 Å². The standard InChI is InChI=1S/C11H15N5O2/c1-3-4-9-13-10(15-14-9)11(17)12-6-8-5-7(2)18-16-8/h5H,3-4,6H2,1-2H3,(H,12,17)(H,13,14,15). The van der Waals surface area contributed by atoms with E-state index in [2.05, 4.69) is 25.7 Å². The molecule has 2 N–H and O–H groups in total. The van der Waals surface area contributed by atoms with Crippen LogP contribution < -0.4 is 5.32 Å². The van der Waals surface area contributed by atoms with Gasteiger partial charge in [0, 0.05) is 12.5 Å². The molecule has 0 bridgehead atoms. The van der Waals surface area contributed by atoms with Crippen molar-refractivity contribution in [3.8, 4) is 0 Å². The fourth-order valence-electron chi connectivity index (χ4n) is 1.50. The molecule has 2 heterocycles. The highest BCUT2D eigenvalue weighted by molar-refractivity contribution is 5.90. The van der Waals surface area contributed by atoms with Gasteiger partial charge in [-0.05, 0) is 13.3 Å². The van der Waals surface area contributed by atoms with Crippen LogP contribution in [0.2, 0.25) is 0 Å². The Balaban J connectivity index is 1.90. The van der Waals surface area contributed by atoms with Gasteiger partial charge in [-0.3, -0.25) is 9.89 Å². The molecular formula is C11H15N5O2. The molecule has 0 saturated heterocycles. The third-order valence-corrected chi connectivity index (χ3v) is 2.33. The number of carbonyl (C=O) groups excluding carboxylic acids is 1. The Morgan fingerprint density at radius 3 is 3.06 bits per heavy atom. The number of rotatable bonds is 5. The number of carbonyl (C=O) groups is 1. The van der Waals surface area contributed by atoms with Gasteiger partial charge in [-0.25, -0.2) is 4.98 Å². The number of hydrogen-bond donors (Lipinski definition) is 2. The summed E-state index contributed by atoms with van der Waals surface area (Å²) in [5.74, 6) is 1.26. The molecule has 0 atom stereocenters. The summed E-state index contributed by atoms with van der Waals surface area (Å²) in [4.78, 5) is 15.8. The highest BCUT2D eigenvalue weighted by Gasteiger charge is 2.12. The third kappa shape index (κ3) is 2.93. The molecule has 0 aliphatic heterocycles. The van der Waals surface area contributed by atoms with E-state index >= 15 is 0 Å². The number of amides is 1.